The summed E-state index contributed by atoms with van der Waals surface area (Å²) in [5, 5.41) is 10.9. The molecular formula is C22H22N4O4. The Hall–Kier alpha value is -3.81. The highest BCUT2D eigenvalue weighted by molar-refractivity contribution is 6.07. The summed E-state index contributed by atoms with van der Waals surface area (Å²) in [6, 6.07) is 13.3. The molecule has 2 aromatic carbocycles. The van der Waals surface area contributed by atoms with Crippen LogP contribution in [0.2, 0.25) is 0 Å². The number of fused-ring (bicyclic) bond motifs is 3. The van der Waals surface area contributed by atoms with Crippen molar-refractivity contribution in [3.8, 4) is 11.5 Å². The van der Waals surface area contributed by atoms with Gasteiger partial charge in [0.2, 0.25) is 5.91 Å². The molecule has 1 amide bonds. The first-order valence-electron chi connectivity index (χ1n) is 9.54. The molecule has 2 N–H and O–H groups in total. The molecule has 4 aromatic rings. The molecule has 0 bridgehead atoms. The second-order valence-corrected chi connectivity index (χ2v) is 6.85. The van der Waals surface area contributed by atoms with E-state index in [1.54, 1.807) is 25.0 Å². The van der Waals surface area contributed by atoms with Crippen molar-refractivity contribution >= 4 is 27.7 Å². The van der Waals surface area contributed by atoms with E-state index >= 15 is 0 Å². The van der Waals surface area contributed by atoms with E-state index in [9.17, 15) is 9.59 Å². The molecule has 4 rings (SSSR count). The Bertz CT molecular complexity index is 1280. The third-order valence-corrected chi connectivity index (χ3v) is 5.07. The quantitative estimate of drug-likeness (QED) is 0.491. The lowest BCUT2D eigenvalue weighted by Crippen LogP contribution is -2.30. The molecule has 0 fully saturated rings. The second-order valence-electron chi connectivity index (χ2n) is 6.85. The van der Waals surface area contributed by atoms with Crippen LogP contribution in [-0.4, -0.2) is 41.4 Å². The van der Waals surface area contributed by atoms with Gasteiger partial charge < -0.3 is 19.4 Å². The van der Waals surface area contributed by atoms with Crippen molar-refractivity contribution in [1.82, 2.24) is 20.1 Å². The van der Waals surface area contributed by atoms with Gasteiger partial charge in [-0.15, -0.1) is 0 Å². The van der Waals surface area contributed by atoms with Gasteiger partial charge in [-0.2, -0.15) is 5.10 Å². The Labute approximate surface area is 172 Å². The molecule has 2 heterocycles. The van der Waals surface area contributed by atoms with E-state index in [-0.39, 0.29) is 18.0 Å². The summed E-state index contributed by atoms with van der Waals surface area (Å²) in [5.41, 5.74) is 1.97. The highest BCUT2D eigenvalue weighted by Crippen LogP contribution is 2.28. The lowest BCUT2D eigenvalue weighted by atomic mass is 10.1. The first-order valence-corrected chi connectivity index (χ1v) is 9.54. The number of nitrogens with one attached hydrogen (secondary N) is 2. The van der Waals surface area contributed by atoms with Crippen molar-refractivity contribution < 1.29 is 14.3 Å². The molecule has 0 aliphatic heterocycles. The van der Waals surface area contributed by atoms with Crippen LogP contribution in [0.25, 0.3) is 21.8 Å². The zero-order valence-electron chi connectivity index (χ0n) is 16.8. The van der Waals surface area contributed by atoms with E-state index in [0.29, 0.717) is 30.0 Å². The number of para-hydroxylation sites is 1. The van der Waals surface area contributed by atoms with Gasteiger partial charge in [-0.3, -0.25) is 9.59 Å². The first-order chi connectivity index (χ1) is 14.6. The molecule has 154 valence electrons. The van der Waals surface area contributed by atoms with Crippen LogP contribution in [0.4, 0.5) is 0 Å². The summed E-state index contributed by atoms with van der Waals surface area (Å²) in [6.07, 6.45) is 2.26. The number of amides is 1. The summed E-state index contributed by atoms with van der Waals surface area (Å²) in [4.78, 5) is 25.0. The standard InChI is InChI=1S/C22H22N4O4/c1-29-18-8-7-14(11-19(18)30-2)9-10-23-20(27)13-26-17-6-4-3-5-15(17)16-12-24-25-22(28)21(16)26/h3-8,11-12H,9-10,13H2,1-2H3,(H,23,27)(H,25,28). The Morgan fingerprint density at radius 2 is 1.90 bits per heavy atom. The predicted octanol–water partition coefficient (Wildman–Crippen LogP) is 2.25. The molecule has 0 unspecified atom stereocenters. The van der Waals surface area contributed by atoms with Gasteiger partial charge in [0.25, 0.3) is 5.56 Å². The molecule has 0 spiro atoms. The summed E-state index contributed by atoms with van der Waals surface area (Å²) in [6.45, 7) is 0.506. The second kappa shape index (κ2) is 8.28. The number of aromatic nitrogens is 3. The van der Waals surface area contributed by atoms with Crippen LogP contribution in [0.1, 0.15) is 5.56 Å². The monoisotopic (exact) mass is 406 g/mol. The molecule has 0 radical (unpaired) electrons. The van der Waals surface area contributed by atoms with E-state index in [1.165, 1.54) is 0 Å². The summed E-state index contributed by atoms with van der Waals surface area (Å²) >= 11 is 0. The normalized spacial score (nSPS) is 11.0. The van der Waals surface area contributed by atoms with Crippen LogP contribution >= 0.6 is 0 Å². The van der Waals surface area contributed by atoms with Gasteiger partial charge >= 0.3 is 0 Å². The minimum absolute atomic E-state index is 0.0447. The zero-order valence-corrected chi connectivity index (χ0v) is 16.8. The van der Waals surface area contributed by atoms with Gasteiger partial charge in [0, 0.05) is 22.8 Å². The van der Waals surface area contributed by atoms with Crippen LogP contribution in [0, 0.1) is 0 Å². The summed E-state index contributed by atoms with van der Waals surface area (Å²) < 4.78 is 12.3. The average molecular weight is 406 g/mol. The van der Waals surface area contributed by atoms with E-state index in [4.69, 9.17) is 9.47 Å². The van der Waals surface area contributed by atoms with Crippen LogP contribution in [0.3, 0.4) is 0 Å². The lowest BCUT2D eigenvalue weighted by Gasteiger charge is -2.11. The number of methoxy groups -OCH3 is 2. The van der Waals surface area contributed by atoms with Gasteiger partial charge in [0.05, 0.1) is 20.4 Å². The number of hydrogen-bond donors (Lipinski definition) is 2. The molecule has 8 heteroatoms. The predicted molar refractivity (Wildman–Crippen MR) is 114 cm³/mol. The summed E-state index contributed by atoms with van der Waals surface area (Å²) in [7, 11) is 3.18. The van der Waals surface area contributed by atoms with Crippen LogP contribution in [0.5, 0.6) is 11.5 Å². The Kier molecular flexibility index (Phi) is 5.38. The minimum Gasteiger partial charge on any atom is -0.493 e. The Morgan fingerprint density at radius 1 is 1.10 bits per heavy atom. The van der Waals surface area contributed by atoms with Crippen molar-refractivity contribution in [3.05, 3.63) is 64.6 Å². The van der Waals surface area contributed by atoms with Crippen molar-refractivity contribution in [1.29, 1.82) is 0 Å². The van der Waals surface area contributed by atoms with Gasteiger partial charge in [-0.25, -0.2) is 5.10 Å². The molecule has 0 saturated heterocycles. The largest absolute Gasteiger partial charge is 0.493 e. The molecule has 30 heavy (non-hydrogen) atoms. The average Bonchev–Trinajstić information content (AvgIpc) is 3.08. The van der Waals surface area contributed by atoms with Crippen LogP contribution in [-0.2, 0) is 17.8 Å². The first kappa shape index (κ1) is 19.5. The van der Waals surface area contributed by atoms with E-state index < -0.39 is 0 Å². The van der Waals surface area contributed by atoms with Gasteiger partial charge in [0.15, 0.2) is 11.5 Å². The number of carbonyl (C=O) groups is 1. The van der Waals surface area contributed by atoms with Crippen molar-refractivity contribution in [2.24, 2.45) is 0 Å². The zero-order chi connectivity index (χ0) is 21.1. The molecule has 0 aliphatic carbocycles. The third kappa shape index (κ3) is 3.59. The summed E-state index contributed by atoms with van der Waals surface area (Å²) in [5.74, 6) is 1.14. The van der Waals surface area contributed by atoms with Crippen molar-refractivity contribution in [2.75, 3.05) is 20.8 Å². The van der Waals surface area contributed by atoms with Crippen LogP contribution in [0.15, 0.2) is 53.5 Å². The fourth-order valence-electron chi connectivity index (χ4n) is 3.66. The highest BCUT2D eigenvalue weighted by atomic mass is 16.5. The third-order valence-electron chi connectivity index (χ3n) is 5.07. The fraction of sp³-hybridized carbons (Fsp3) is 0.227. The van der Waals surface area contributed by atoms with E-state index in [1.807, 2.05) is 42.5 Å². The number of ether oxygens (including phenoxy) is 2. The van der Waals surface area contributed by atoms with Crippen molar-refractivity contribution in [3.63, 3.8) is 0 Å². The van der Waals surface area contributed by atoms with Crippen molar-refractivity contribution in [2.45, 2.75) is 13.0 Å². The molecule has 0 atom stereocenters. The van der Waals surface area contributed by atoms with Gasteiger partial charge in [-0.1, -0.05) is 24.3 Å². The number of H-pyrrole nitrogens is 1. The maximum absolute atomic E-state index is 12.6. The minimum atomic E-state index is -0.318. The maximum Gasteiger partial charge on any atom is 0.288 e. The van der Waals surface area contributed by atoms with Crippen LogP contribution < -0.4 is 20.3 Å². The number of nitrogens with zero attached hydrogens (tertiary/aromatic N) is 2. The number of benzene rings is 2. The molecular weight excluding hydrogens is 384 g/mol. The smallest absolute Gasteiger partial charge is 0.288 e. The van der Waals surface area contributed by atoms with Gasteiger partial charge in [-0.05, 0) is 30.2 Å². The maximum atomic E-state index is 12.6. The molecule has 8 nitrogen and oxygen atoms in total. The Morgan fingerprint density at radius 3 is 2.70 bits per heavy atom. The number of hydrogen-bond acceptors (Lipinski definition) is 5. The number of carbonyl (C=O) groups excluding carboxylic acids is 1. The van der Waals surface area contributed by atoms with E-state index in [2.05, 4.69) is 15.5 Å². The highest BCUT2D eigenvalue weighted by Gasteiger charge is 2.15. The topological polar surface area (TPSA) is 98.2 Å². The SMILES string of the molecule is COc1ccc(CCNC(=O)Cn2c3ccccc3c3cn[nH]c(=O)c32)cc1OC. The lowest BCUT2D eigenvalue weighted by molar-refractivity contribution is -0.121. The number of aromatic amines is 1. The molecule has 0 saturated carbocycles. The fourth-order valence-corrected chi connectivity index (χ4v) is 3.66. The van der Waals surface area contributed by atoms with E-state index in [0.717, 1.165) is 21.9 Å². The molecule has 2 aromatic heterocycles. The van der Waals surface area contributed by atoms with Gasteiger partial charge in [0.1, 0.15) is 12.1 Å². The molecule has 0 aliphatic rings. The Balaban J connectivity index is 1.50. The number of rotatable bonds is 7.